The van der Waals surface area contributed by atoms with Gasteiger partial charge in [0.1, 0.15) is 12.7 Å². The molecule has 1 aliphatic rings. The van der Waals surface area contributed by atoms with Crippen molar-refractivity contribution < 1.29 is 9.53 Å². The fourth-order valence-electron chi connectivity index (χ4n) is 1.98. The van der Waals surface area contributed by atoms with Gasteiger partial charge in [0.2, 0.25) is 5.91 Å². The molecule has 2 atom stereocenters. The van der Waals surface area contributed by atoms with Gasteiger partial charge in [-0.3, -0.25) is 9.48 Å². The van der Waals surface area contributed by atoms with Crippen molar-refractivity contribution in [3.8, 4) is 0 Å². The molecule has 2 rings (SSSR count). The molecule has 17 heavy (non-hydrogen) atoms. The van der Waals surface area contributed by atoms with E-state index in [4.69, 9.17) is 4.74 Å². The third-order valence-electron chi connectivity index (χ3n) is 2.95. The quantitative estimate of drug-likeness (QED) is 0.803. The van der Waals surface area contributed by atoms with Gasteiger partial charge in [-0.2, -0.15) is 5.10 Å². The van der Waals surface area contributed by atoms with Crippen molar-refractivity contribution in [3.63, 3.8) is 0 Å². The van der Waals surface area contributed by atoms with Crippen molar-refractivity contribution in [2.24, 2.45) is 0 Å². The van der Waals surface area contributed by atoms with E-state index in [9.17, 15) is 4.79 Å². The lowest BCUT2D eigenvalue weighted by atomic mass is 10.1. The normalized spacial score (nSPS) is 21.4. The number of carbonyl (C=O) groups excluding carboxylic acids is 1. The zero-order valence-corrected chi connectivity index (χ0v) is 10.0. The van der Waals surface area contributed by atoms with Crippen LogP contribution in [-0.4, -0.2) is 39.4 Å². The molecule has 1 amide bonds. The molecule has 0 saturated carbocycles. The first-order valence-corrected chi connectivity index (χ1v) is 5.99. The van der Waals surface area contributed by atoms with Crippen molar-refractivity contribution in [1.29, 1.82) is 0 Å². The summed E-state index contributed by atoms with van der Waals surface area (Å²) in [6, 6.07) is 0.0840. The molecule has 1 aliphatic heterocycles. The number of carbonyl (C=O) groups is 1. The Bertz CT molecular complexity index is 346. The Morgan fingerprint density at radius 1 is 1.71 bits per heavy atom. The van der Waals surface area contributed by atoms with Crippen LogP contribution in [0.15, 0.2) is 12.7 Å². The lowest BCUT2D eigenvalue weighted by Crippen LogP contribution is -2.41. The van der Waals surface area contributed by atoms with E-state index in [-0.39, 0.29) is 18.1 Å². The molecular formula is C11H18N4O2. The maximum Gasteiger partial charge on any atom is 0.222 e. The van der Waals surface area contributed by atoms with Crippen LogP contribution in [-0.2, 0) is 16.1 Å². The first kappa shape index (κ1) is 12.0. The molecule has 0 bridgehead atoms. The van der Waals surface area contributed by atoms with Gasteiger partial charge in [0.25, 0.3) is 0 Å². The summed E-state index contributed by atoms with van der Waals surface area (Å²) >= 11 is 0. The summed E-state index contributed by atoms with van der Waals surface area (Å²) in [5, 5.41) is 6.90. The fraction of sp³-hybridized carbons (Fsp3) is 0.727. The summed E-state index contributed by atoms with van der Waals surface area (Å²) in [5.41, 5.74) is 0. The summed E-state index contributed by atoms with van der Waals surface area (Å²) < 4.78 is 7.17. The van der Waals surface area contributed by atoms with Crippen LogP contribution in [0, 0.1) is 0 Å². The maximum atomic E-state index is 11.7. The molecule has 0 spiro atoms. The summed E-state index contributed by atoms with van der Waals surface area (Å²) in [6.45, 7) is 3.36. The molecule has 1 aromatic heterocycles. The van der Waals surface area contributed by atoms with Crippen LogP contribution in [0.4, 0.5) is 0 Å². The average molecular weight is 238 g/mol. The van der Waals surface area contributed by atoms with Crippen LogP contribution in [0.3, 0.4) is 0 Å². The summed E-state index contributed by atoms with van der Waals surface area (Å²) in [5.74, 6) is 0.0310. The van der Waals surface area contributed by atoms with Crippen molar-refractivity contribution in [2.75, 3.05) is 6.61 Å². The number of hydrogen-bond acceptors (Lipinski definition) is 4. The van der Waals surface area contributed by atoms with Crippen LogP contribution < -0.4 is 5.32 Å². The van der Waals surface area contributed by atoms with Crippen molar-refractivity contribution in [1.82, 2.24) is 20.1 Å². The Labute approximate surface area is 100 Å². The van der Waals surface area contributed by atoms with Crippen LogP contribution in [0.5, 0.6) is 0 Å². The van der Waals surface area contributed by atoms with Gasteiger partial charge in [0, 0.05) is 13.0 Å². The second-order valence-electron chi connectivity index (χ2n) is 4.32. The van der Waals surface area contributed by atoms with E-state index in [1.54, 1.807) is 11.0 Å². The van der Waals surface area contributed by atoms with E-state index < -0.39 is 0 Å². The first-order valence-electron chi connectivity index (χ1n) is 5.99. The fourth-order valence-corrected chi connectivity index (χ4v) is 1.98. The van der Waals surface area contributed by atoms with E-state index in [2.05, 4.69) is 15.4 Å². The highest BCUT2D eigenvalue weighted by Gasteiger charge is 2.23. The van der Waals surface area contributed by atoms with Crippen LogP contribution in [0.1, 0.15) is 26.2 Å². The molecule has 0 aliphatic carbocycles. The minimum atomic E-state index is 0.0310. The number of nitrogens with one attached hydrogen (secondary N) is 1. The molecule has 1 fully saturated rings. The van der Waals surface area contributed by atoms with Crippen molar-refractivity contribution >= 4 is 5.91 Å². The Kier molecular flexibility index (Phi) is 4.08. The highest BCUT2D eigenvalue weighted by atomic mass is 16.5. The smallest absolute Gasteiger partial charge is 0.222 e. The minimum absolute atomic E-state index is 0.0310. The number of amides is 1. The molecule has 6 nitrogen and oxygen atoms in total. The second kappa shape index (κ2) is 5.77. The first-order chi connectivity index (χ1) is 8.25. The number of ether oxygens (including phenoxy) is 1. The van der Waals surface area contributed by atoms with Gasteiger partial charge in [-0.1, -0.05) is 0 Å². The Morgan fingerprint density at radius 2 is 2.59 bits per heavy atom. The Hall–Kier alpha value is -1.43. The molecule has 1 saturated heterocycles. The van der Waals surface area contributed by atoms with Crippen molar-refractivity contribution in [3.05, 3.63) is 12.7 Å². The maximum absolute atomic E-state index is 11.7. The standard InChI is InChI=1S/C11H18N4O2/c1-9(10-3-2-6-17-10)14-11(16)4-5-15-8-12-7-13-15/h7-10H,2-6H2,1H3,(H,14,16)/t9-,10+/m0/s1. The summed E-state index contributed by atoms with van der Waals surface area (Å²) in [6.07, 6.45) is 5.78. The number of hydrogen-bond donors (Lipinski definition) is 1. The lowest BCUT2D eigenvalue weighted by molar-refractivity contribution is -0.122. The minimum Gasteiger partial charge on any atom is -0.376 e. The molecule has 1 aromatic rings. The Morgan fingerprint density at radius 3 is 3.24 bits per heavy atom. The molecule has 1 N–H and O–H groups in total. The highest BCUT2D eigenvalue weighted by molar-refractivity contribution is 5.76. The SMILES string of the molecule is C[C@H](NC(=O)CCn1cncn1)[C@H]1CCCO1. The lowest BCUT2D eigenvalue weighted by Gasteiger charge is -2.19. The van der Waals surface area contributed by atoms with Crippen LogP contribution in [0.2, 0.25) is 0 Å². The third kappa shape index (κ3) is 3.52. The Balaban J connectivity index is 1.69. The monoisotopic (exact) mass is 238 g/mol. The van der Waals surface area contributed by atoms with E-state index in [0.29, 0.717) is 13.0 Å². The molecular weight excluding hydrogens is 220 g/mol. The molecule has 94 valence electrons. The third-order valence-corrected chi connectivity index (χ3v) is 2.95. The van der Waals surface area contributed by atoms with E-state index in [1.165, 1.54) is 6.33 Å². The summed E-state index contributed by atoms with van der Waals surface area (Å²) in [4.78, 5) is 15.5. The van der Waals surface area contributed by atoms with Crippen LogP contribution >= 0.6 is 0 Å². The molecule has 0 radical (unpaired) electrons. The zero-order valence-electron chi connectivity index (χ0n) is 10.0. The van der Waals surface area contributed by atoms with Gasteiger partial charge in [0.05, 0.1) is 18.7 Å². The van der Waals surface area contributed by atoms with Gasteiger partial charge in [-0.15, -0.1) is 0 Å². The van der Waals surface area contributed by atoms with Crippen molar-refractivity contribution in [2.45, 2.75) is 44.9 Å². The van der Waals surface area contributed by atoms with Gasteiger partial charge in [-0.05, 0) is 19.8 Å². The van der Waals surface area contributed by atoms with E-state index in [0.717, 1.165) is 19.4 Å². The molecule has 2 heterocycles. The number of nitrogens with zero attached hydrogens (tertiary/aromatic N) is 3. The topological polar surface area (TPSA) is 69.0 Å². The van der Waals surface area contributed by atoms with E-state index in [1.807, 2.05) is 6.92 Å². The predicted octanol–water partition coefficient (Wildman–Crippen LogP) is 0.352. The number of aryl methyl sites for hydroxylation is 1. The molecule has 6 heteroatoms. The second-order valence-corrected chi connectivity index (χ2v) is 4.32. The number of rotatable bonds is 5. The van der Waals surface area contributed by atoms with Gasteiger partial charge >= 0.3 is 0 Å². The predicted molar refractivity (Wildman–Crippen MR) is 61.2 cm³/mol. The zero-order chi connectivity index (χ0) is 12.1. The largest absolute Gasteiger partial charge is 0.376 e. The average Bonchev–Trinajstić information content (AvgIpc) is 2.99. The van der Waals surface area contributed by atoms with Crippen LogP contribution in [0.25, 0.3) is 0 Å². The van der Waals surface area contributed by atoms with Gasteiger partial charge < -0.3 is 10.1 Å². The van der Waals surface area contributed by atoms with E-state index >= 15 is 0 Å². The van der Waals surface area contributed by atoms with Gasteiger partial charge in [0.15, 0.2) is 0 Å². The van der Waals surface area contributed by atoms with Gasteiger partial charge in [-0.25, -0.2) is 4.98 Å². The summed E-state index contributed by atoms with van der Waals surface area (Å²) in [7, 11) is 0. The highest BCUT2D eigenvalue weighted by Crippen LogP contribution is 2.15. The number of aromatic nitrogens is 3. The molecule has 0 aromatic carbocycles. The molecule has 0 unspecified atom stereocenters.